The van der Waals surface area contributed by atoms with Gasteiger partial charge in [-0.2, -0.15) is 9.97 Å². The minimum absolute atomic E-state index is 0.0890. The van der Waals surface area contributed by atoms with Gasteiger partial charge in [0, 0.05) is 38.7 Å². The van der Waals surface area contributed by atoms with Crippen LogP contribution in [0.1, 0.15) is 43.5 Å². The van der Waals surface area contributed by atoms with Crippen molar-refractivity contribution in [3.63, 3.8) is 0 Å². The van der Waals surface area contributed by atoms with E-state index >= 15 is 0 Å². The van der Waals surface area contributed by atoms with Crippen molar-refractivity contribution in [2.45, 2.75) is 44.8 Å². The number of para-hydroxylation sites is 2. The van der Waals surface area contributed by atoms with Crippen molar-refractivity contribution in [2.75, 3.05) is 45.4 Å². The Bertz CT molecular complexity index is 1580. The summed E-state index contributed by atoms with van der Waals surface area (Å²) in [5, 5.41) is 0. The Morgan fingerprint density at radius 3 is 2.45 bits per heavy atom. The summed E-state index contributed by atoms with van der Waals surface area (Å²) in [5.41, 5.74) is 2.02. The number of amides is 1. The molecule has 1 aliphatic heterocycles. The zero-order chi connectivity index (χ0) is 30.6. The molecule has 1 amide bonds. The van der Waals surface area contributed by atoms with Gasteiger partial charge in [0.2, 0.25) is 17.7 Å². The minimum atomic E-state index is -2.80. The number of ether oxygens (including phenoxy) is 3. The monoisotopic (exact) mass is 606 g/mol. The van der Waals surface area contributed by atoms with Gasteiger partial charge in [0.05, 0.1) is 31.4 Å². The van der Waals surface area contributed by atoms with Crippen LogP contribution in [-0.4, -0.2) is 76.9 Å². The van der Waals surface area contributed by atoms with Crippen molar-refractivity contribution in [3.8, 4) is 17.4 Å². The van der Waals surface area contributed by atoms with Gasteiger partial charge in [-0.3, -0.25) is 9.36 Å². The molecule has 0 bridgehead atoms. The van der Waals surface area contributed by atoms with E-state index in [-0.39, 0.29) is 29.6 Å². The number of aromatic nitrogens is 4. The predicted molar refractivity (Wildman–Crippen MR) is 160 cm³/mol. The van der Waals surface area contributed by atoms with E-state index in [0.29, 0.717) is 81.4 Å². The maximum Gasteiger partial charge on any atom is 0.296 e. The molecule has 2 aromatic heterocycles. The molecule has 1 saturated heterocycles. The Morgan fingerprint density at radius 2 is 1.75 bits per heavy atom. The first-order valence-electron chi connectivity index (χ1n) is 14.9. The zero-order valence-corrected chi connectivity index (χ0v) is 24.9. The van der Waals surface area contributed by atoms with Crippen LogP contribution in [0.5, 0.6) is 11.6 Å². The molecule has 0 N–H and O–H groups in total. The summed E-state index contributed by atoms with van der Waals surface area (Å²) >= 11 is 0. The van der Waals surface area contributed by atoms with E-state index in [1.165, 1.54) is 4.57 Å². The Kier molecular flexibility index (Phi) is 8.87. The van der Waals surface area contributed by atoms with Crippen LogP contribution >= 0.6 is 0 Å². The van der Waals surface area contributed by atoms with E-state index < -0.39 is 6.43 Å². The molecule has 232 valence electrons. The highest BCUT2D eigenvalue weighted by Gasteiger charge is 2.30. The van der Waals surface area contributed by atoms with Gasteiger partial charge in [0.1, 0.15) is 17.7 Å². The number of benzene rings is 2. The molecule has 12 heteroatoms. The quantitative estimate of drug-likeness (QED) is 0.257. The van der Waals surface area contributed by atoms with Crippen LogP contribution in [-0.2, 0) is 16.1 Å². The van der Waals surface area contributed by atoms with Crippen LogP contribution in [0.3, 0.4) is 0 Å². The number of fused-ring (bicyclic) bond motifs is 1. The fraction of sp³-hybridized carbons (Fsp3) is 0.438. The summed E-state index contributed by atoms with van der Waals surface area (Å²) < 4.78 is 46.8. The van der Waals surface area contributed by atoms with E-state index in [1.54, 1.807) is 42.3 Å². The highest BCUT2D eigenvalue weighted by molar-refractivity contribution is 5.79. The number of nitrogens with zero attached hydrogens (tertiary/aromatic N) is 6. The maximum absolute atomic E-state index is 14.2. The average molecular weight is 607 g/mol. The summed E-state index contributed by atoms with van der Waals surface area (Å²) in [6, 6.07) is 16.3. The SMILES string of the molecule is COc1ccc(CN(C)C(=O)[C@H]2CC[C@H](Oc3cc(-n4c(C(F)F)nc5ccccc54)nc(N4CCOCC4)n3)CC2)cc1. The third-order valence-corrected chi connectivity index (χ3v) is 8.25. The smallest absolute Gasteiger partial charge is 0.296 e. The van der Waals surface area contributed by atoms with Gasteiger partial charge in [-0.15, -0.1) is 0 Å². The molecule has 2 aliphatic rings. The summed E-state index contributed by atoms with van der Waals surface area (Å²) in [4.78, 5) is 30.5. The molecule has 1 saturated carbocycles. The highest BCUT2D eigenvalue weighted by Crippen LogP contribution is 2.32. The maximum atomic E-state index is 14.2. The fourth-order valence-corrected chi connectivity index (χ4v) is 5.91. The number of morpholine rings is 1. The molecule has 6 rings (SSSR count). The number of rotatable bonds is 9. The number of halogens is 2. The lowest BCUT2D eigenvalue weighted by Gasteiger charge is -2.31. The molecule has 0 spiro atoms. The summed E-state index contributed by atoms with van der Waals surface area (Å²) in [7, 11) is 3.46. The lowest BCUT2D eigenvalue weighted by atomic mass is 9.86. The van der Waals surface area contributed by atoms with E-state index in [0.717, 1.165) is 11.3 Å². The molecular formula is C32H36F2N6O4. The Balaban J connectivity index is 1.18. The summed E-state index contributed by atoms with van der Waals surface area (Å²) in [6.07, 6.45) is -0.242. The van der Waals surface area contributed by atoms with Gasteiger partial charge in [0.25, 0.3) is 6.43 Å². The first-order valence-corrected chi connectivity index (χ1v) is 14.9. The second kappa shape index (κ2) is 13.1. The van der Waals surface area contributed by atoms with Gasteiger partial charge < -0.3 is 24.0 Å². The molecule has 10 nitrogen and oxygen atoms in total. The van der Waals surface area contributed by atoms with Crippen molar-refractivity contribution >= 4 is 22.9 Å². The average Bonchev–Trinajstić information content (AvgIpc) is 3.46. The van der Waals surface area contributed by atoms with Crippen molar-refractivity contribution < 1.29 is 27.8 Å². The molecule has 0 unspecified atom stereocenters. The number of carbonyl (C=O) groups is 1. The van der Waals surface area contributed by atoms with Crippen LogP contribution < -0.4 is 14.4 Å². The third-order valence-electron chi connectivity index (χ3n) is 8.25. The predicted octanol–water partition coefficient (Wildman–Crippen LogP) is 5.19. The van der Waals surface area contributed by atoms with E-state index in [1.807, 2.05) is 36.2 Å². The number of imidazole rings is 1. The molecule has 2 aromatic carbocycles. The van der Waals surface area contributed by atoms with E-state index in [2.05, 4.69) is 9.97 Å². The molecule has 0 radical (unpaired) electrons. The lowest BCUT2D eigenvalue weighted by Crippen LogP contribution is -2.38. The number of hydrogen-bond donors (Lipinski definition) is 0. The van der Waals surface area contributed by atoms with Gasteiger partial charge in [0.15, 0.2) is 5.82 Å². The van der Waals surface area contributed by atoms with E-state index in [9.17, 15) is 13.6 Å². The van der Waals surface area contributed by atoms with Crippen LogP contribution in [0.15, 0.2) is 54.6 Å². The standard InChI is InChI=1S/C32H36F2N6O4/c1-38(20-21-7-11-23(42-2)12-8-21)31(41)22-9-13-24(14-10-22)44-28-19-27(36-32(37-28)39-15-17-43-18-16-39)40-26-6-4-3-5-25(26)35-30(40)29(33)34/h3-8,11-12,19,22,24,29H,9-10,13-18,20H2,1-2H3/t22-,24-. The molecule has 3 heterocycles. The molecule has 44 heavy (non-hydrogen) atoms. The third kappa shape index (κ3) is 6.45. The highest BCUT2D eigenvalue weighted by atomic mass is 19.3. The molecule has 1 aliphatic carbocycles. The van der Waals surface area contributed by atoms with Crippen molar-refractivity contribution in [1.82, 2.24) is 24.4 Å². The normalized spacial score (nSPS) is 18.9. The van der Waals surface area contributed by atoms with Gasteiger partial charge >= 0.3 is 0 Å². The van der Waals surface area contributed by atoms with Gasteiger partial charge in [-0.05, 0) is 55.5 Å². The molecule has 2 fully saturated rings. The summed E-state index contributed by atoms with van der Waals surface area (Å²) in [6.45, 7) is 2.71. The topological polar surface area (TPSA) is 94.8 Å². The number of anilines is 1. The van der Waals surface area contributed by atoms with Crippen LogP contribution in [0, 0.1) is 5.92 Å². The van der Waals surface area contributed by atoms with Gasteiger partial charge in [-0.25, -0.2) is 13.8 Å². The first kappa shape index (κ1) is 29.7. The molecule has 0 atom stereocenters. The van der Waals surface area contributed by atoms with Crippen LogP contribution in [0.2, 0.25) is 0 Å². The summed E-state index contributed by atoms with van der Waals surface area (Å²) in [5.74, 6) is 1.38. The van der Waals surface area contributed by atoms with Crippen LogP contribution in [0.4, 0.5) is 14.7 Å². The van der Waals surface area contributed by atoms with E-state index in [4.69, 9.17) is 19.2 Å². The first-order chi connectivity index (χ1) is 21.4. The van der Waals surface area contributed by atoms with Crippen molar-refractivity contribution in [3.05, 3.63) is 66.0 Å². The minimum Gasteiger partial charge on any atom is -0.497 e. The van der Waals surface area contributed by atoms with Crippen molar-refractivity contribution in [2.24, 2.45) is 5.92 Å². The Morgan fingerprint density at radius 1 is 1.02 bits per heavy atom. The van der Waals surface area contributed by atoms with Gasteiger partial charge in [-0.1, -0.05) is 24.3 Å². The number of carbonyl (C=O) groups excluding carboxylic acids is 1. The molecular weight excluding hydrogens is 570 g/mol. The number of alkyl halides is 2. The number of methoxy groups -OCH3 is 1. The zero-order valence-electron chi connectivity index (χ0n) is 24.9. The second-order valence-electron chi connectivity index (χ2n) is 11.2. The Hall–Kier alpha value is -4.32. The fourth-order valence-electron chi connectivity index (χ4n) is 5.91. The van der Waals surface area contributed by atoms with Crippen LogP contribution in [0.25, 0.3) is 16.9 Å². The Labute approximate surface area is 254 Å². The largest absolute Gasteiger partial charge is 0.497 e. The van der Waals surface area contributed by atoms with Crippen molar-refractivity contribution in [1.29, 1.82) is 0 Å². The molecule has 4 aromatic rings. The lowest BCUT2D eigenvalue weighted by molar-refractivity contribution is -0.136. The second-order valence-corrected chi connectivity index (χ2v) is 11.2. The number of hydrogen-bond acceptors (Lipinski definition) is 8.